The Labute approximate surface area is 113 Å². The molecule has 0 aromatic heterocycles. The van der Waals surface area contributed by atoms with Crippen LogP contribution in [-0.2, 0) is 4.74 Å². The van der Waals surface area contributed by atoms with E-state index in [1.54, 1.807) is 0 Å². The quantitative estimate of drug-likeness (QED) is 0.417. The Morgan fingerprint density at radius 3 is 2.06 bits per heavy atom. The number of hydrogen-bond acceptors (Lipinski definition) is 3. The lowest BCUT2D eigenvalue weighted by Gasteiger charge is -2.43. The van der Waals surface area contributed by atoms with Crippen molar-refractivity contribution in [2.45, 2.75) is 83.8 Å². The van der Waals surface area contributed by atoms with Crippen molar-refractivity contribution in [3.8, 4) is 0 Å². The van der Waals surface area contributed by atoms with Gasteiger partial charge in [0.15, 0.2) is 0 Å². The van der Waals surface area contributed by atoms with Crippen LogP contribution in [0.15, 0.2) is 0 Å². The molecule has 3 N–H and O–H groups in total. The second-order valence-electron chi connectivity index (χ2n) is 5.60. The molecular weight excluding hydrogens is 224 g/mol. The van der Waals surface area contributed by atoms with Gasteiger partial charge in [-0.15, -0.1) is 0 Å². The minimum atomic E-state index is -0.0848. The van der Waals surface area contributed by atoms with Crippen LogP contribution in [0.2, 0.25) is 0 Å². The Kier molecular flexibility index (Phi) is 7.20. The predicted octanol–water partition coefficient (Wildman–Crippen LogP) is 3.38. The van der Waals surface area contributed by atoms with Crippen LogP contribution in [0.1, 0.15) is 72.1 Å². The van der Waals surface area contributed by atoms with E-state index in [1.807, 2.05) is 0 Å². The molecule has 0 aliphatic heterocycles. The van der Waals surface area contributed by atoms with Gasteiger partial charge in [-0.05, 0) is 38.5 Å². The molecule has 18 heavy (non-hydrogen) atoms. The molecule has 0 aromatic carbocycles. The fourth-order valence-corrected chi connectivity index (χ4v) is 3.63. The summed E-state index contributed by atoms with van der Waals surface area (Å²) < 4.78 is 6.13. The lowest BCUT2D eigenvalue weighted by atomic mass is 9.77. The molecule has 1 fully saturated rings. The minimum absolute atomic E-state index is 0.0848. The second kappa shape index (κ2) is 8.13. The van der Waals surface area contributed by atoms with E-state index >= 15 is 0 Å². The summed E-state index contributed by atoms with van der Waals surface area (Å²) in [5.41, 5.74) is 3.02. The van der Waals surface area contributed by atoms with E-state index < -0.39 is 0 Å². The van der Waals surface area contributed by atoms with Crippen molar-refractivity contribution in [2.75, 3.05) is 6.61 Å². The molecule has 0 radical (unpaired) electrons. The van der Waals surface area contributed by atoms with Crippen molar-refractivity contribution in [1.82, 2.24) is 5.43 Å². The molecule has 1 aliphatic carbocycles. The molecule has 108 valence electrons. The molecule has 1 saturated carbocycles. The largest absolute Gasteiger partial charge is 0.374 e. The SMILES string of the molecule is CCOC(CC)(CC)C(NN)C1CCCCCC1. The van der Waals surface area contributed by atoms with Crippen molar-refractivity contribution in [2.24, 2.45) is 11.8 Å². The zero-order valence-corrected chi connectivity index (χ0v) is 12.5. The molecule has 1 aliphatic rings. The van der Waals surface area contributed by atoms with E-state index in [9.17, 15) is 0 Å². The van der Waals surface area contributed by atoms with E-state index in [-0.39, 0.29) is 5.60 Å². The number of nitrogens with one attached hydrogen (secondary N) is 1. The van der Waals surface area contributed by atoms with Crippen molar-refractivity contribution in [3.05, 3.63) is 0 Å². The normalized spacial score (nSPS) is 20.7. The molecule has 1 unspecified atom stereocenters. The van der Waals surface area contributed by atoms with E-state index in [0.717, 1.165) is 19.4 Å². The Bertz CT molecular complexity index is 209. The summed E-state index contributed by atoms with van der Waals surface area (Å²) in [6, 6.07) is 0.297. The fourth-order valence-electron chi connectivity index (χ4n) is 3.63. The van der Waals surface area contributed by atoms with Crippen LogP contribution in [0.25, 0.3) is 0 Å². The summed E-state index contributed by atoms with van der Waals surface area (Å²) in [5, 5.41) is 0. The summed E-state index contributed by atoms with van der Waals surface area (Å²) in [6.07, 6.45) is 10.1. The van der Waals surface area contributed by atoms with Crippen molar-refractivity contribution in [3.63, 3.8) is 0 Å². The van der Waals surface area contributed by atoms with Crippen molar-refractivity contribution < 1.29 is 4.74 Å². The van der Waals surface area contributed by atoms with Crippen LogP contribution in [0, 0.1) is 5.92 Å². The molecule has 0 saturated heterocycles. The molecular formula is C15H32N2O. The number of nitrogens with two attached hydrogens (primary N) is 1. The molecule has 0 heterocycles. The summed E-state index contributed by atoms with van der Waals surface area (Å²) >= 11 is 0. The molecule has 0 bridgehead atoms. The number of ether oxygens (including phenoxy) is 1. The third kappa shape index (κ3) is 3.69. The monoisotopic (exact) mass is 256 g/mol. The number of hydrogen-bond donors (Lipinski definition) is 2. The van der Waals surface area contributed by atoms with E-state index in [0.29, 0.717) is 12.0 Å². The molecule has 0 aromatic rings. The molecule has 0 spiro atoms. The van der Waals surface area contributed by atoms with Gasteiger partial charge in [0.05, 0.1) is 11.6 Å². The minimum Gasteiger partial charge on any atom is -0.374 e. The highest BCUT2D eigenvalue weighted by Gasteiger charge is 2.40. The van der Waals surface area contributed by atoms with Gasteiger partial charge < -0.3 is 4.74 Å². The maximum atomic E-state index is 6.13. The van der Waals surface area contributed by atoms with E-state index in [4.69, 9.17) is 10.6 Å². The third-order valence-electron chi connectivity index (χ3n) is 4.75. The Balaban J connectivity index is 2.81. The Morgan fingerprint density at radius 2 is 1.67 bits per heavy atom. The second-order valence-corrected chi connectivity index (χ2v) is 5.60. The lowest BCUT2D eigenvalue weighted by molar-refractivity contribution is -0.0870. The fraction of sp³-hybridized carbons (Fsp3) is 1.00. The maximum absolute atomic E-state index is 6.13. The van der Waals surface area contributed by atoms with Gasteiger partial charge in [-0.25, -0.2) is 0 Å². The first kappa shape index (κ1) is 15.9. The number of rotatable bonds is 7. The van der Waals surface area contributed by atoms with Gasteiger partial charge >= 0.3 is 0 Å². The van der Waals surface area contributed by atoms with Crippen LogP contribution in [0.3, 0.4) is 0 Å². The first-order valence-corrected chi connectivity index (χ1v) is 7.84. The topological polar surface area (TPSA) is 47.3 Å². The van der Waals surface area contributed by atoms with Crippen LogP contribution in [0.4, 0.5) is 0 Å². The van der Waals surface area contributed by atoms with Gasteiger partial charge in [0.1, 0.15) is 0 Å². The first-order valence-electron chi connectivity index (χ1n) is 7.84. The van der Waals surface area contributed by atoms with Gasteiger partial charge in [-0.3, -0.25) is 11.3 Å². The zero-order valence-electron chi connectivity index (χ0n) is 12.5. The summed E-state index contributed by atoms with van der Waals surface area (Å²) in [5.74, 6) is 6.56. The van der Waals surface area contributed by atoms with Crippen molar-refractivity contribution >= 4 is 0 Å². The Morgan fingerprint density at radius 1 is 1.11 bits per heavy atom. The average molecular weight is 256 g/mol. The smallest absolute Gasteiger partial charge is 0.0845 e. The number of hydrazine groups is 1. The molecule has 3 heteroatoms. The average Bonchev–Trinajstić information content (AvgIpc) is 2.67. The lowest BCUT2D eigenvalue weighted by Crippen LogP contribution is -2.58. The van der Waals surface area contributed by atoms with E-state index in [2.05, 4.69) is 26.2 Å². The zero-order chi connectivity index (χ0) is 13.4. The highest BCUT2D eigenvalue weighted by atomic mass is 16.5. The standard InChI is InChI=1S/C15H32N2O/c1-4-15(5-2,18-6-3)14(17-16)13-11-9-7-8-10-12-13/h13-14,17H,4-12,16H2,1-3H3. The molecule has 3 nitrogen and oxygen atoms in total. The predicted molar refractivity (Wildman–Crippen MR) is 77.2 cm³/mol. The van der Waals surface area contributed by atoms with Crippen LogP contribution >= 0.6 is 0 Å². The highest BCUT2D eigenvalue weighted by Crippen LogP contribution is 2.35. The third-order valence-corrected chi connectivity index (χ3v) is 4.75. The van der Waals surface area contributed by atoms with Gasteiger partial charge in [-0.2, -0.15) is 0 Å². The summed E-state index contributed by atoms with van der Waals surface area (Å²) in [4.78, 5) is 0. The van der Waals surface area contributed by atoms with Crippen LogP contribution in [0.5, 0.6) is 0 Å². The summed E-state index contributed by atoms with van der Waals surface area (Å²) in [7, 11) is 0. The first-order chi connectivity index (χ1) is 8.74. The maximum Gasteiger partial charge on any atom is 0.0845 e. The molecule has 0 amide bonds. The van der Waals surface area contributed by atoms with Gasteiger partial charge in [0.25, 0.3) is 0 Å². The van der Waals surface area contributed by atoms with Crippen molar-refractivity contribution in [1.29, 1.82) is 0 Å². The highest BCUT2D eigenvalue weighted by molar-refractivity contribution is 4.95. The van der Waals surface area contributed by atoms with Crippen LogP contribution in [-0.4, -0.2) is 18.2 Å². The van der Waals surface area contributed by atoms with Crippen LogP contribution < -0.4 is 11.3 Å². The van der Waals surface area contributed by atoms with E-state index in [1.165, 1.54) is 38.5 Å². The Hall–Kier alpha value is -0.120. The molecule has 1 atom stereocenters. The van der Waals surface area contributed by atoms with Gasteiger partial charge in [0, 0.05) is 6.61 Å². The van der Waals surface area contributed by atoms with Gasteiger partial charge in [-0.1, -0.05) is 39.5 Å². The van der Waals surface area contributed by atoms with Gasteiger partial charge in [0.2, 0.25) is 0 Å². The summed E-state index contributed by atoms with van der Waals surface area (Å²) in [6.45, 7) is 7.30. The molecule has 1 rings (SSSR count).